The van der Waals surface area contributed by atoms with Crippen LogP contribution in [0.5, 0.6) is 11.5 Å². The highest BCUT2D eigenvalue weighted by atomic mass is 16.5. The SMILES string of the molecule is C=Cc1ccc(OCCCCCCCCOc2ccc(C=CC(=O)c3ccccc3)cc2)cc1. The minimum Gasteiger partial charge on any atom is -0.494 e. The van der Waals surface area contributed by atoms with Crippen LogP contribution in [0.15, 0.2) is 91.5 Å². The summed E-state index contributed by atoms with van der Waals surface area (Å²) in [6.07, 6.45) is 12.2. The van der Waals surface area contributed by atoms with Gasteiger partial charge >= 0.3 is 0 Å². The third-order valence-corrected chi connectivity index (χ3v) is 5.56. The topological polar surface area (TPSA) is 35.5 Å². The molecule has 3 aromatic carbocycles. The van der Waals surface area contributed by atoms with Crippen LogP contribution in [0.3, 0.4) is 0 Å². The predicted octanol–water partition coefficient (Wildman–Crippen LogP) is 8.02. The van der Waals surface area contributed by atoms with E-state index in [9.17, 15) is 4.79 Å². The molecule has 0 spiro atoms. The fourth-order valence-electron chi connectivity index (χ4n) is 3.54. The summed E-state index contributed by atoms with van der Waals surface area (Å²) in [5.41, 5.74) is 2.79. The zero-order valence-corrected chi connectivity index (χ0v) is 19.8. The molecule has 0 aliphatic rings. The van der Waals surface area contributed by atoms with E-state index in [0.29, 0.717) is 5.56 Å². The number of allylic oxidation sites excluding steroid dienone is 1. The van der Waals surface area contributed by atoms with Gasteiger partial charge in [-0.1, -0.05) is 99.0 Å². The lowest BCUT2D eigenvalue weighted by Crippen LogP contribution is -1.98. The summed E-state index contributed by atoms with van der Waals surface area (Å²) in [7, 11) is 0. The maximum atomic E-state index is 12.1. The zero-order chi connectivity index (χ0) is 23.8. The molecule has 0 fully saturated rings. The number of ketones is 1. The number of carbonyl (C=O) groups is 1. The molecule has 3 nitrogen and oxygen atoms in total. The lowest BCUT2D eigenvalue weighted by Gasteiger charge is -2.07. The Hall–Kier alpha value is -3.59. The van der Waals surface area contributed by atoms with Gasteiger partial charge < -0.3 is 9.47 Å². The van der Waals surface area contributed by atoms with E-state index in [2.05, 4.69) is 6.58 Å². The Morgan fingerprint density at radius 1 is 0.647 bits per heavy atom. The van der Waals surface area contributed by atoms with E-state index in [-0.39, 0.29) is 5.78 Å². The Balaban J connectivity index is 1.21. The average molecular weight is 455 g/mol. The minimum absolute atomic E-state index is 0.00648. The largest absolute Gasteiger partial charge is 0.494 e. The molecule has 0 bridgehead atoms. The third-order valence-electron chi connectivity index (χ3n) is 5.56. The lowest BCUT2D eigenvalue weighted by atomic mass is 10.1. The quantitative estimate of drug-likeness (QED) is 0.132. The Morgan fingerprint density at radius 2 is 1.15 bits per heavy atom. The minimum atomic E-state index is 0.00648. The van der Waals surface area contributed by atoms with Gasteiger partial charge in [-0.25, -0.2) is 0 Å². The van der Waals surface area contributed by atoms with Gasteiger partial charge in [0.2, 0.25) is 0 Å². The van der Waals surface area contributed by atoms with E-state index in [1.807, 2.05) is 91.0 Å². The van der Waals surface area contributed by atoms with E-state index in [0.717, 1.165) is 48.7 Å². The molecule has 3 aromatic rings. The second-order valence-corrected chi connectivity index (χ2v) is 8.22. The molecule has 0 aliphatic heterocycles. The highest BCUT2D eigenvalue weighted by molar-refractivity contribution is 6.06. The first-order chi connectivity index (χ1) is 16.7. The van der Waals surface area contributed by atoms with Crippen molar-refractivity contribution in [2.24, 2.45) is 0 Å². The third kappa shape index (κ3) is 9.11. The van der Waals surface area contributed by atoms with Crippen LogP contribution < -0.4 is 9.47 Å². The second kappa shape index (κ2) is 14.5. The Bertz CT molecular complexity index is 1020. The molecule has 0 unspecified atom stereocenters. The predicted molar refractivity (Wildman–Crippen MR) is 141 cm³/mol. The van der Waals surface area contributed by atoms with Crippen molar-refractivity contribution < 1.29 is 14.3 Å². The van der Waals surface area contributed by atoms with Crippen molar-refractivity contribution in [2.45, 2.75) is 38.5 Å². The molecule has 0 atom stereocenters. The van der Waals surface area contributed by atoms with Crippen LogP contribution in [0, 0.1) is 0 Å². The van der Waals surface area contributed by atoms with Crippen molar-refractivity contribution in [2.75, 3.05) is 13.2 Å². The van der Waals surface area contributed by atoms with Crippen LogP contribution in [0.25, 0.3) is 12.2 Å². The van der Waals surface area contributed by atoms with E-state index in [4.69, 9.17) is 9.47 Å². The average Bonchev–Trinajstić information content (AvgIpc) is 2.90. The van der Waals surface area contributed by atoms with Crippen molar-refractivity contribution in [1.29, 1.82) is 0 Å². The van der Waals surface area contributed by atoms with Gasteiger partial charge in [0, 0.05) is 5.56 Å². The van der Waals surface area contributed by atoms with Gasteiger partial charge in [0.1, 0.15) is 11.5 Å². The molecule has 0 saturated heterocycles. The number of carbonyl (C=O) groups excluding carboxylic acids is 1. The van der Waals surface area contributed by atoms with Gasteiger partial charge in [0.25, 0.3) is 0 Å². The first-order valence-electron chi connectivity index (χ1n) is 12.1. The van der Waals surface area contributed by atoms with E-state index >= 15 is 0 Å². The van der Waals surface area contributed by atoms with Crippen LogP contribution in [-0.4, -0.2) is 19.0 Å². The highest BCUT2D eigenvalue weighted by Gasteiger charge is 2.00. The number of ether oxygens (including phenoxy) is 2. The van der Waals surface area contributed by atoms with E-state index < -0.39 is 0 Å². The van der Waals surface area contributed by atoms with Gasteiger partial charge in [0.05, 0.1) is 13.2 Å². The summed E-state index contributed by atoms with van der Waals surface area (Å²) in [5, 5.41) is 0. The molecule has 176 valence electrons. The maximum Gasteiger partial charge on any atom is 0.185 e. The summed E-state index contributed by atoms with van der Waals surface area (Å²) in [6.45, 7) is 5.25. The fourth-order valence-corrected chi connectivity index (χ4v) is 3.54. The Kier molecular flexibility index (Phi) is 10.7. The van der Waals surface area contributed by atoms with Gasteiger partial charge in [-0.05, 0) is 54.3 Å². The van der Waals surface area contributed by atoms with Crippen molar-refractivity contribution in [3.8, 4) is 11.5 Å². The zero-order valence-electron chi connectivity index (χ0n) is 19.8. The fraction of sp³-hybridized carbons (Fsp3) is 0.258. The van der Waals surface area contributed by atoms with Gasteiger partial charge in [0.15, 0.2) is 5.78 Å². The molecule has 3 heteroatoms. The van der Waals surface area contributed by atoms with Crippen molar-refractivity contribution >= 4 is 17.9 Å². The number of hydrogen-bond acceptors (Lipinski definition) is 3. The summed E-state index contributed by atoms with van der Waals surface area (Å²) >= 11 is 0. The number of rotatable bonds is 15. The van der Waals surface area contributed by atoms with Crippen LogP contribution in [0.2, 0.25) is 0 Å². The first-order valence-corrected chi connectivity index (χ1v) is 12.1. The number of benzene rings is 3. The van der Waals surface area contributed by atoms with Gasteiger partial charge in [-0.3, -0.25) is 4.79 Å². The molecule has 0 radical (unpaired) electrons. The van der Waals surface area contributed by atoms with Crippen LogP contribution >= 0.6 is 0 Å². The van der Waals surface area contributed by atoms with Crippen LogP contribution in [0.4, 0.5) is 0 Å². The van der Waals surface area contributed by atoms with Crippen LogP contribution in [0.1, 0.15) is 60.0 Å². The Morgan fingerprint density at radius 3 is 1.68 bits per heavy atom. The first kappa shape index (κ1) is 25.0. The number of hydrogen-bond donors (Lipinski definition) is 0. The molecule has 0 N–H and O–H groups in total. The summed E-state index contributed by atoms with van der Waals surface area (Å²) < 4.78 is 11.6. The molecule has 0 amide bonds. The Labute approximate surface area is 203 Å². The van der Waals surface area contributed by atoms with Crippen molar-refractivity contribution in [3.63, 3.8) is 0 Å². The monoisotopic (exact) mass is 454 g/mol. The maximum absolute atomic E-state index is 12.1. The van der Waals surface area contributed by atoms with Gasteiger partial charge in [-0.2, -0.15) is 0 Å². The molecule has 0 aliphatic carbocycles. The number of unbranched alkanes of at least 4 members (excludes halogenated alkanes) is 5. The van der Waals surface area contributed by atoms with Crippen molar-refractivity contribution in [3.05, 3.63) is 108 Å². The molecule has 0 aromatic heterocycles. The molecule has 0 heterocycles. The highest BCUT2D eigenvalue weighted by Crippen LogP contribution is 2.16. The summed E-state index contributed by atoms with van der Waals surface area (Å²) in [6, 6.07) is 25.2. The van der Waals surface area contributed by atoms with E-state index in [1.165, 1.54) is 25.7 Å². The molecular formula is C31H34O3. The molecular weight excluding hydrogens is 420 g/mol. The standard InChI is InChI=1S/C31H34O3/c1-2-26-14-19-29(20-15-26)33-24-10-5-3-4-6-11-25-34-30-21-16-27(17-22-30)18-23-31(32)28-12-8-7-9-13-28/h2,7-9,12-23H,1,3-6,10-11,24-25H2. The van der Waals surface area contributed by atoms with Crippen LogP contribution in [-0.2, 0) is 0 Å². The summed E-state index contributed by atoms with van der Waals surface area (Å²) in [5.74, 6) is 1.80. The molecule has 3 rings (SSSR count). The van der Waals surface area contributed by atoms with Gasteiger partial charge in [-0.15, -0.1) is 0 Å². The normalized spacial score (nSPS) is 10.8. The van der Waals surface area contributed by atoms with Crippen molar-refractivity contribution in [1.82, 2.24) is 0 Å². The smallest absolute Gasteiger partial charge is 0.185 e. The van der Waals surface area contributed by atoms with E-state index in [1.54, 1.807) is 6.08 Å². The summed E-state index contributed by atoms with van der Waals surface area (Å²) in [4.78, 5) is 12.1. The molecule has 0 saturated carbocycles. The second-order valence-electron chi connectivity index (χ2n) is 8.22. The lowest BCUT2D eigenvalue weighted by molar-refractivity contribution is 0.104. The molecule has 34 heavy (non-hydrogen) atoms.